The van der Waals surface area contributed by atoms with Gasteiger partial charge in [0.15, 0.2) is 0 Å². The number of amides is 1. The number of carboxylic acid groups (broad SMARTS) is 1. The first kappa shape index (κ1) is 17.0. The van der Waals surface area contributed by atoms with Gasteiger partial charge >= 0.3 is 12.1 Å². The number of aryl methyl sites for hydroxylation is 1. The summed E-state index contributed by atoms with van der Waals surface area (Å²) in [7, 11) is 0. The molecule has 116 valence electrons. The van der Waals surface area contributed by atoms with E-state index in [4.69, 9.17) is 4.74 Å². The van der Waals surface area contributed by atoms with E-state index in [0.29, 0.717) is 6.42 Å². The maximum Gasteiger partial charge on any atom is 0.407 e. The first-order valence-electron chi connectivity index (χ1n) is 6.92. The van der Waals surface area contributed by atoms with Gasteiger partial charge in [0.05, 0.1) is 5.92 Å². The van der Waals surface area contributed by atoms with Crippen LogP contribution in [0.15, 0.2) is 24.3 Å². The Labute approximate surface area is 125 Å². The van der Waals surface area contributed by atoms with Crippen LogP contribution in [0.4, 0.5) is 4.79 Å². The van der Waals surface area contributed by atoms with E-state index in [1.54, 1.807) is 20.8 Å². The van der Waals surface area contributed by atoms with E-state index in [2.05, 4.69) is 5.32 Å². The topological polar surface area (TPSA) is 75.6 Å². The molecule has 21 heavy (non-hydrogen) atoms. The Morgan fingerprint density at radius 2 is 2.00 bits per heavy atom. The molecule has 1 atom stereocenters. The van der Waals surface area contributed by atoms with Crippen LogP contribution in [-0.2, 0) is 16.0 Å². The van der Waals surface area contributed by atoms with E-state index < -0.39 is 23.6 Å². The monoisotopic (exact) mass is 293 g/mol. The SMILES string of the molecule is Cc1cccc(C[C@H](CNC(=O)OC(C)(C)C)C(=O)O)c1. The van der Waals surface area contributed by atoms with E-state index >= 15 is 0 Å². The van der Waals surface area contributed by atoms with Gasteiger partial charge in [0.1, 0.15) is 5.60 Å². The fourth-order valence-corrected chi connectivity index (χ4v) is 1.89. The van der Waals surface area contributed by atoms with Crippen molar-refractivity contribution in [3.05, 3.63) is 35.4 Å². The maximum absolute atomic E-state index is 11.6. The van der Waals surface area contributed by atoms with Crippen molar-refractivity contribution >= 4 is 12.1 Å². The molecule has 0 heterocycles. The predicted octanol–water partition coefficient (Wildman–Crippen LogP) is 2.76. The molecule has 5 nitrogen and oxygen atoms in total. The van der Waals surface area contributed by atoms with Crippen LogP contribution in [0, 0.1) is 12.8 Å². The summed E-state index contributed by atoms with van der Waals surface area (Å²) in [6, 6.07) is 7.68. The van der Waals surface area contributed by atoms with E-state index in [-0.39, 0.29) is 6.54 Å². The van der Waals surface area contributed by atoms with Gasteiger partial charge in [-0.1, -0.05) is 29.8 Å². The number of hydrogen-bond acceptors (Lipinski definition) is 3. The summed E-state index contributed by atoms with van der Waals surface area (Å²) in [6.07, 6.45) is -0.231. The van der Waals surface area contributed by atoms with Crippen molar-refractivity contribution in [2.45, 2.75) is 39.7 Å². The molecule has 0 aliphatic rings. The van der Waals surface area contributed by atoms with Crippen molar-refractivity contribution in [2.24, 2.45) is 5.92 Å². The summed E-state index contributed by atoms with van der Waals surface area (Å²) in [5, 5.41) is 11.8. The molecule has 1 aromatic carbocycles. The molecule has 1 aromatic rings. The molecule has 1 amide bonds. The first-order chi connectivity index (χ1) is 9.67. The van der Waals surface area contributed by atoms with Gasteiger partial charge in [0, 0.05) is 6.54 Å². The summed E-state index contributed by atoms with van der Waals surface area (Å²) in [4.78, 5) is 22.9. The molecule has 0 spiro atoms. The lowest BCUT2D eigenvalue weighted by molar-refractivity contribution is -0.141. The fourth-order valence-electron chi connectivity index (χ4n) is 1.89. The molecule has 0 saturated carbocycles. The third-order valence-electron chi connectivity index (χ3n) is 2.81. The van der Waals surface area contributed by atoms with Gasteiger partial charge in [0.2, 0.25) is 0 Å². The number of alkyl carbamates (subject to hydrolysis) is 1. The first-order valence-corrected chi connectivity index (χ1v) is 6.92. The van der Waals surface area contributed by atoms with Gasteiger partial charge in [-0.2, -0.15) is 0 Å². The van der Waals surface area contributed by atoms with E-state index in [1.807, 2.05) is 31.2 Å². The van der Waals surface area contributed by atoms with Crippen molar-refractivity contribution < 1.29 is 19.4 Å². The fraction of sp³-hybridized carbons (Fsp3) is 0.500. The molecule has 0 radical (unpaired) electrons. The van der Waals surface area contributed by atoms with Crippen LogP contribution < -0.4 is 5.32 Å². The number of carboxylic acids is 1. The van der Waals surface area contributed by atoms with Gasteiger partial charge in [0.25, 0.3) is 0 Å². The number of rotatable bonds is 5. The summed E-state index contributed by atoms with van der Waals surface area (Å²) in [5.41, 5.74) is 1.42. The Bertz CT molecular complexity index is 505. The van der Waals surface area contributed by atoms with Crippen LogP contribution in [0.2, 0.25) is 0 Å². The average molecular weight is 293 g/mol. The highest BCUT2D eigenvalue weighted by atomic mass is 16.6. The molecular formula is C16H23NO4. The summed E-state index contributed by atoms with van der Waals surface area (Å²) in [5.74, 6) is -1.62. The second kappa shape index (κ2) is 7.11. The Morgan fingerprint density at radius 1 is 1.33 bits per heavy atom. The van der Waals surface area contributed by atoms with Crippen molar-refractivity contribution in [3.63, 3.8) is 0 Å². The minimum atomic E-state index is -0.937. The number of ether oxygens (including phenoxy) is 1. The minimum Gasteiger partial charge on any atom is -0.481 e. The van der Waals surface area contributed by atoms with Crippen LogP contribution in [0.25, 0.3) is 0 Å². The zero-order valence-corrected chi connectivity index (χ0v) is 13.0. The van der Waals surface area contributed by atoms with Crippen LogP contribution in [0.5, 0.6) is 0 Å². The number of hydrogen-bond donors (Lipinski definition) is 2. The van der Waals surface area contributed by atoms with Gasteiger partial charge in [-0.15, -0.1) is 0 Å². The zero-order chi connectivity index (χ0) is 16.0. The van der Waals surface area contributed by atoms with Gasteiger partial charge < -0.3 is 15.2 Å². The average Bonchev–Trinajstić information content (AvgIpc) is 2.32. The molecule has 0 fully saturated rings. The van der Waals surface area contributed by atoms with Crippen molar-refractivity contribution in [1.82, 2.24) is 5.32 Å². The second-order valence-corrected chi connectivity index (χ2v) is 6.11. The lowest BCUT2D eigenvalue weighted by atomic mass is 9.98. The lowest BCUT2D eigenvalue weighted by Crippen LogP contribution is -2.37. The van der Waals surface area contributed by atoms with Gasteiger partial charge in [-0.05, 0) is 39.7 Å². The summed E-state index contributed by atoms with van der Waals surface area (Å²) >= 11 is 0. The molecule has 0 aliphatic carbocycles. The van der Waals surface area contributed by atoms with Crippen molar-refractivity contribution in [3.8, 4) is 0 Å². The van der Waals surface area contributed by atoms with E-state index in [9.17, 15) is 14.7 Å². The van der Waals surface area contributed by atoms with Crippen LogP contribution >= 0.6 is 0 Å². The zero-order valence-electron chi connectivity index (χ0n) is 13.0. The Kier molecular flexibility index (Phi) is 5.76. The number of carbonyl (C=O) groups is 2. The molecule has 2 N–H and O–H groups in total. The summed E-state index contributed by atoms with van der Waals surface area (Å²) < 4.78 is 5.09. The van der Waals surface area contributed by atoms with Crippen molar-refractivity contribution in [1.29, 1.82) is 0 Å². The molecule has 0 aromatic heterocycles. The quantitative estimate of drug-likeness (QED) is 0.875. The molecule has 1 rings (SSSR count). The third kappa shape index (κ3) is 6.79. The number of benzene rings is 1. The molecule has 0 aliphatic heterocycles. The van der Waals surface area contributed by atoms with Gasteiger partial charge in [-0.3, -0.25) is 4.79 Å². The minimum absolute atomic E-state index is 0.0399. The molecular weight excluding hydrogens is 270 g/mol. The highest BCUT2D eigenvalue weighted by Crippen LogP contribution is 2.12. The Balaban J connectivity index is 2.59. The van der Waals surface area contributed by atoms with Gasteiger partial charge in [-0.25, -0.2) is 4.79 Å². The van der Waals surface area contributed by atoms with E-state index in [0.717, 1.165) is 11.1 Å². The van der Waals surface area contributed by atoms with Crippen LogP contribution in [0.1, 0.15) is 31.9 Å². The second-order valence-electron chi connectivity index (χ2n) is 6.11. The lowest BCUT2D eigenvalue weighted by Gasteiger charge is -2.21. The smallest absolute Gasteiger partial charge is 0.407 e. The molecule has 5 heteroatoms. The van der Waals surface area contributed by atoms with E-state index in [1.165, 1.54) is 0 Å². The number of carbonyl (C=O) groups excluding carboxylic acids is 1. The van der Waals surface area contributed by atoms with Crippen LogP contribution in [-0.4, -0.2) is 29.3 Å². The number of aliphatic carboxylic acids is 1. The summed E-state index contributed by atoms with van der Waals surface area (Å²) in [6.45, 7) is 7.27. The largest absolute Gasteiger partial charge is 0.481 e. The molecule has 0 bridgehead atoms. The third-order valence-corrected chi connectivity index (χ3v) is 2.81. The molecule has 0 unspecified atom stereocenters. The predicted molar refractivity (Wildman–Crippen MR) is 80.2 cm³/mol. The standard InChI is InChI=1S/C16H23NO4/c1-11-6-5-7-12(8-11)9-13(14(18)19)10-17-15(20)21-16(2,3)4/h5-8,13H,9-10H2,1-4H3,(H,17,20)(H,18,19)/t13-/m1/s1. The normalized spacial score (nSPS) is 12.6. The van der Waals surface area contributed by atoms with Crippen LogP contribution in [0.3, 0.4) is 0 Å². The molecule has 0 saturated heterocycles. The highest BCUT2D eigenvalue weighted by molar-refractivity contribution is 5.73. The maximum atomic E-state index is 11.6. The van der Waals surface area contributed by atoms with Crippen molar-refractivity contribution in [2.75, 3.05) is 6.54 Å². The highest BCUT2D eigenvalue weighted by Gasteiger charge is 2.21. The Hall–Kier alpha value is -2.04. The Morgan fingerprint density at radius 3 is 2.52 bits per heavy atom. The number of nitrogens with one attached hydrogen (secondary N) is 1.